The molecule has 4 heteroatoms. The second-order valence-electron chi connectivity index (χ2n) is 5.87. The highest BCUT2D eigenvalue weighted by atomic mass is 16.3. The van der Waals surface area contributed by atoms with E-state index in [0.717, 1.165) is 42.1 Å². The molecule has 0 saturated heterocycles. The van der Waals surface area contributed by atoms with E-state index in [1.165, 1.54) is 0 Å². The fourth-order valence-corrected chi connectivity index (χ4v) is 3.05. The normalized spacial score (nSPS) is 17.5. The lowest BCUT2D eigenvalue weighted by Gasteiger charge is -2.27. The van der Waals surface area contributed by atoms with Crippen molar-refractivity contribution in [1.29, 1.82) is 0 Å². The molecule has 1 aliphatic carbocycles. The van der Waals surface area contributed by atoms with E-state index in [4.69, 9.17) is 0 Å². The minimum absolute atomic E-state index is 0.0120. The molecule has 1 saturated carbocycles. The maximum absolute atomic E-state index is 12.4. The molecule has 0 unspecified atom stereocenters. The second kappa shape index (κ2) is 4.94. The SMILES string of the molecule is Cc1ccc2cc(C(=O)NC3(CO)CCCC3)[nH]c2c1. The van der Waals surface area contributed by atoms with Crippen LogP contribution in [0, 0.1) is 6.92 Å². The van der Waals surface area contributed by atoms with E-state index >= 15 is 0 Å². The zero-order chi connectivity index (χ0) is 14.2. The van der Waals surface area contributed by atoms with Crippen LogP contribution in [0.25, 0.3) is 10.9 Å². The maximum atomic E-state index is 12.4. The Hall–Kier alpha value is -1.81. The highest BCUT2D eigenvalue weighted by Gasteiger charge is 2.35. The van der Waals surface area contributed by atoms with Crippen molar-refractivity contribution in [2.24, 2.45) is 0 Å². The van der Waals surface area contributed by atoms with Gasteiger partial charge >= 0.3 is 0 Å². The van der Waals surface area contributed by atoms with Gasteiger partial charge in [0.15, 0.2) is 0 Å². The zero-order valence-corrected chi connectivity index (χ0v) is 11.7. The van der Waals surface area contributed by atoms with Crippen LogP contribution in [-0.2, 0) is 0 Å². The van der Waals surface area contributed by atoms with Crippen LogP contribution in [0.3, 0.4) is 0 Å². The molecule has 3 rings (SSSR count). The number of aromatic amines is 1. The van der Waals surface area contributed by atoms with Crippen molar-refractivity contribution < 1.29 is 9.90 Å². The van der Waals surface area contributed by atoms with Crippen molar-refractivity contribution in [1.82, 2.24) is 10.3 Å². The molecule has 1 fully saturated rings. The van der Waals surface area contributed by atoms with E-state index < -0.39 is 5.54 Å². The molecule has 0 atom stereocenters. The number of fused-ring (bicyclic) bond motifs is 1. The van der Waals surface area contributed by atoms with Gasteiger partial charge in [0.2, 0.25) is 0 Å². The number of aromatic nitrogens is 1. The fraction of sp³-hybridized carbons (Fsp3) is 0.438. The predicted molar refractivity (Wildman–Crippen MR) is 78.8 cm³/mol. The second-order valence-corrected chi connectivity index (χ2v) is 5.87. The lowest BCUT2D eigenvalue weighted by molar-refractivity contribution is 0.0834. The molecule has 20 heavy (non-hydrogen) atoms. The number of amides is 1. The van der Waals surface area contributed by atoms with Crippen molar-refractivity contribution in [3.05, 3.63) is 35.5 Å². The third kappa shape index (κ3) is 2.31. The van der Waals surface area contributed by atoms with Crippen LogP contribution in [0.4, 0.5) is 0 Å². The number of aryl methyl sites for hydroxylation is 1. The van der Waals surface area contributed by atoms with Crippen LogP contribution in [0.1, 0.15) is 41.7 Å². The van der Waals surface area contributed by atoms with Crippen molar-refractivity contribution >= 4 is 16.8 Å². The lowest BCUT2D eigenvalue weighted by Crippen LogP contribution is -2.49. The summed E-state index contributed by atoms with van der Waals surface area (Å²) in [5, 5.41) is 13.6. The number of carbonyl (C=O) groups excluding carboxylic acids is 1. The molecule has 1 aromatic heterocycles. The number of nitrogens with one attached hydrogen (secondary N) is 2. The smallest absolute Gasteiger partial charge is 0.268 e. The molecule has 0 bridgehead atoms. The summed E-state index contributed by atoms with van der Waals surface area (Å²) in [4.78, 5) is 15.5. The Bertz CT molecular complexity index is 639. The molecule has 1 aliphatic rings. The summed E-state index contributed by atoms with van der Waals surface area (Å²) in [6.45, 7) is 2.04. The first-order chi connectivity index (χ1) is 9.62. The monoisotopic (exact) mass is 272 g/mol. The highest BCUT2D eigenvalue weighted by Crippen LogP contribution is 2.29. The number of H-pyrrole nitrogens is 1. The number of aliphatic hydroxyl groups excluding tert-OH is 1. The molecule has 1 heterocycles. The number of hydrogen-bond donors (Lipinski definition) is 3. The fourth-order valence-electron chi connectivity index (χ4n) is 3.05. The van der Waals surface area contributed by atoms with E-state index in [1.807, 2.05) is 31.2 Å². The first-order valence-electron chi connectivity index (χ1n) is 7.15. The quantitative estimate of drug-likeness (QED) is 0.803. The summed E-state index contributed by atoms with van der Waals surface area (Å²) in [6, 6.07) is 7.94. The van der Waals surface area contributed by atoms with Gasteiger partial charge in [-0.25, -0.2) is 0 Å². The molecule has 4 nitrogen and oxygen atoms in total. The minimum Gasteiger partial charge on any atom is -0.394 e. The summed E-state index contributed by atoms with van der Waals surface area (Å²) in [7, 11) is 0. The predicted octanol–water partition coefficient (Wildman–Crippen LogP) is 2.51. The van der Waals surface area contributed by atoms with Gasteiger partial charge in [0.05, 0.1) is 12.1 Å². The van der Waals surface area contributed by atoms with Crippen LogP contribution >= 0.6 is 0 Å². The third-order valence-corrected chi connectivity index (χ3v) is 4.26. The average molecular weight is 272 g/mol. The third-order valence-electron chi connectivity index (χ3n) is 4.26. The molecule has 0 aliphatic heterocycles. The molecule has 106 valence electrons. The lowest BCUT2D eigenvalue weighted by atomic mass is 9.99. The summed E-state index contributed by atoms with van der Waals surface area (Å²) < 4.78 is 0. The first-order valence-corrected chi connectivity index (χ1v) is 7.15. The summed E-state index contributed by atoms with van der Waals surface area (Å²) >= 11 is 0. The molecular weight excluding hydrogens is 252 g/mol. The van der Waals surface area contributed by atoms with E-state index in [9.17, 15) is 9.90 Å². The Balaban J connectivity index is 1.85. The molecule has 1 amide bonds. The van der Waals surface area contributed by atoms with E-state index in [-0.39, 0.29) is 12.5 Å². The van der Waals surface area contributed by atoms with E-state index in [2.05, 4.69) is 10.3 Å². The Morgan fingerprint density at radius 3 is 2.80 bits per heavy atom. The summed E-state index contributed by atoms with van der Waals surface area (Å²) in [5.41, 5.74) is 2.27. The van der Waals surface area contributed by atoms with Gasteiger partial charge in [0, 0.05) is 10.9 Å². The Kier molecular flexibility index (Phi) is 3.26. The van der Waals surface area contributed by atoms with Gasteiger partial charge in [-0.15, -0.1) is 0 Å². The van der Waals surface area contributed by atoms with Crippen molar-refractivity contribution in [3.63, 3.8) is 0 Å². The molecule has 3 N–H and O–H groups in total. The highest BCUT2D eigenvalue weighted by molar-refractivity contribution is 5.98. The van der Waals surface area contributed by atoms with E-state index in [0.29, 0.717) is 5.69 Å². The Labute approximate surface area is 118 Å². The molecule has 1 aromatic carbocycles. The van der Waals surface area contributed by atoms with Gasteiger partial charge < -0.3 is 15.4 Å². The molecular formula is C16H20N2O2. The van der Waals surface area contributed by atoms with Crippen LogP contribution in [0.2, 0.25) is 0 Å². The van der Waals surface area contributed by atoms with Crippen LogP contribution in [0.15, 0.2) is 24.3 Å². The molecule has 0 spiro atoms. The number of hydrogen-bond acceptors (Lipinski definition) is 2. The molecule has 2 aromatic rings. The average Bonchev–Trinajstić information content (AvgIpc) is 3.05. The number of benzene rings is 1. The zero-order valence-electron chi connectivity index (χ0n) is 11.7. The summed E-state index contributed by atoms with van der Waals surface area (Å²) in [5.74, 6) is -0.130. The molecule has 0 radical (unpaired) electrons. The van der Waals surface area contributed by atoms with Gasteiger partial charge in [0.25, 0.3) is 5.91 Å². The Morgan fingerprint density at radius 2 is 2.10 bits per heavy atom. The van der Waals surface area contributed by atoms with Crippen molar-refractivity contribution in [3.8, 4) is 0 Å². The summed E-state index contributed by atoms with van der Waals surface area (Å²) in [6.07, 6.45) is 3.84. The van der Waals surface area contributed by atoms with Gasteiger partial charge in [-0.2, -0.15) is 0 Å². The minimum atomic E-state index is -0.426. The van der Waals surface area contributed by atoms with E-state index in [1.54, 1.807) is 0 Å². The first kappa shape index (κ1) is 13.2. The van der Waals surface area contributed by atoms with Crippen LogP contribution < -0.4 is 5.32 Å². The van der Waals surface area contributed by atoms with Crippen LogP contribution in [-0.4, -0.2) is 28.1 Å². The Morgan fingerprint density at radius 1 is 1.35 bits per heavy atom. The number of rotatable bonds is 3. The topological polar surface area (TPSA) is 65.1 Å². The van der Waals surface area contributed by atoms with Crippen LogP contribution in [0.5, 0.6) is 0 Å². The maximum Gasteiger partial charge on any atom is 0.268 e. The van der Waals surface area contributed by atoms with Gasteiger partial charge in [-0.1, -0.05) is 25.0 Å². The standard InChI is InChI=1S/C16H20N2O2/c1-11-4-5-12-9-14(17-13(12)8-11)15(20)18-16(10-19)6-2-3-7-16/h4-5,8-9,17,19H,2-3,6-7,10H2,1H3,(H,18,20). The van der Waals surface area contributed by atoms with Gasteiger partial charge in [-0.3, -0.25) is 4.79 Å². The largest absolute Gasteiger partial charge is 0.394 e. The van der Waals surface area contributed by atoms with Gasteiger partial charge in [0.1, 0.15) is 5.69 Å². The van der Waals surface area contributed by atoms with Crippen molar-refractivity contribution in [2.75, 3.05) is 6.61 Å². The number of aliphatic hydroxyl groups is 1. The van der Waals surface area contributed by atoms with Gasteiger partial charge in [-0.05, 0) is 37.5 Å². The van der Waals surface area contributed by atoms with Crippen molar-refractivity contribution in [2.45, 2.75) is 38.1 Å². The number of carbonyl (C=O) groups is 1.